The maximum absolute atomic E-state index is 2.30. The average Bonchev–Trinajstić information content (AvgIpc) is 3.15. The van der Waals surface area contributed by atoms with Crippen LogP contribution in [0.4, 0.5) is 0 Å². The fourth-order valence-corrected chi connectivity index (χ4v) is 1.07. The van der Waals surface area contributed by atoms with Gasteiger partial charge in [-0.2, -0.15) is 0 Å². The first-order valence-corrected chi connectivity index (χ1v) is 10.4. The van der Waals surface area contributed by atoms with E-state index in [9.17, 15) is 0 Å². The summed E-state index contributed by atoms with van der Waals surface area (Å²) < 4.78 is 0. The molecule has 0 aromatic heterocycles. The summed E-state index contributed by atoms with van der Waals surface area (Å²) in [6, 6.07) is 0. The zero-order valence-electron chi connectivity index (χ0n) is 19.1. The first-order valence-electron chi connectivity index (χ1n) is 10.4. The Kier molecular flexibility index (Phi) is 18.8. The van der Waals surface area contributed by atoms with Gasteiger partial charge in [0.15, 0.2) is 0 Å². The number of rotatable bonds is 4. The maximum atomic E-state index is 2.30. The molecule has 0 radical (unpaired) electrons. The minimum absolute atomic E-state index is 0.542. The molecular formula is C23H52. The molecule has 23 heavy (non-hydrogen) atoms. The van der Waals surface area contributed by atoms with Gasteiger partial charge >= 0.3 is 0 Å². The van der Waals surface area contributed by atoms with E-state index < -0.39 is 0 Å². The summed E-state index contributed by atoms with van der Waals surface area (Å²) in [4.78, 5) is 0. The van der Waals surface area contributed by atoms with Gasteiger partial charge in [-0.1, -0.05) is 115 Å². The van der Waals surface area contributed by atoms with Crippen LogP contribution in [-0.4, -0.2) is 0 Å². The lowest BCUT2D eigenvalue weighted by atomic mass is 9.94. The van der Waals surface area contributed by atoms with Crippen LogP contribution in [0.15, 0.2) is 0 Å². The normalized spacial score (nSPS) is 16.0. The van der Waals surface area contributed by atoms with Crippen molar-refractivity contribution in [3.8, 4) is 0 Å². The summed E-state index contributed by atoms with van der Waals surface area (Å²) in [5.74, 6) is 1.77. The standard InChI is InChI=1S/C7H16.C6H14.C5H10.C5H12/c1-5-7(4)6(2)3;1-5-6(2,3)4;1-5(2)3-4-5;1-3-5-4-2/h6-7H,5H2,1-4H3;5H2,1-4H3;3-4H2,1-2H3;3-5H2,1-2H3. The first kappa shape index (κ1) is 27.8. The second-order valence-corrected chi connectivity index (χ2v) is 9.56. The highest BCUT2D eigenvalue weighted by Gasteiger charge is 2.30. The van der Waals surface area contributed by atoms with Crippen molar-refractivity contribution in [3.63, 3.8) is 0 Å². The Morgan fingerprint density at radius 2 is 1.13 bits per heavy atom. The molecule has 1 fully saturated rings. The molecule has 1 atom stereocenters. The molecule has 1 saturated carbocycles. The van der Waals surface area contributed by atoms with Gasteiger partial charge in [0.05, 0.1) is 0 Å². The van der Waals surface area contributed by atoms with Gasteiger partial charge in [-0.05, 0) is 35.5 Å². The third-order valence-electron chi connectivity index (χ3n) is 4.80. The Morgan fingerprint density at radius 3 is 1.13 bits per heavy atom. The Labute approximate surface area is 151 Å². The smallest absolute Gasteiger partial charge is 0.0354 e. The second-order valence-electron chi connectivity index (χ2n) is 9.56. The quantitative estimate of drug-likeness (QED) is 0.482. The van der Waals surface area contributed by atoms with Crippen molar-refractivity contribution in [2.75, 3.05) is 0 Å². The highest BCUT2D eigenvalue weighted by Crippen LogP contribution is 2.43. The Balaban J connectivity index is -0.000000234. The molecule has 0 amide bonds. The van der Waals surface area contributed by atoms with E-state index in [4.69, 9.17) is 0 Å². The van der Waals surface area contributed by atoms with Crippen molar-refractivity contribution >= 4 is 0 Å². The number of hydrogen-bond donors (Lipinski definition) is 0. The number of unbranched alkanes of at least 4 members (excludes halogenated alkanes) is 2. The predicted molar refractivity (Wildman–Crippen MR) is 112 cm³/mol. The van der Waals surface area contributed by atoms with Crippen LogP contribution in [0.5, 0.6) is 0 Å². The molecule has 0 bridgehead atoms. The zero-order chi connectivity index (χ0) is 19.1. The van der Waals surface area contributed by atoms with Gasteiger partial charge in [-0.3, -0.25) is 0 Å². The van der Waals surface area contributed by atoms with Crippen LogP contribution >= 0.6 is 0 Å². The highest BCUT2D eigenvalue weighted by molar-refractivity contribution is 4.82. The van der Waals surface area contributed by atoms with E-state index in [1.807, 2.05) is 0 Å². The van der Waals surface area contributed by atoms with Gasteiger partial charge in [0, 0.05) is 0 Å². The summed E-state index contributed by atoms with van der Waals surface area (Å²) in [5.41, 5.74) is 1.29. The predicted octanol–water partition coefficient (Wildman–Crippen LogP) is 9.13. The molecule has 1 unspecified atom stereocenters. The Morgan fingerprint density at radius 1 is 0.826 bits per heavy atom. The number of hydrogen-bond acceptors (Lipinski definition) is 0. The van der Waals surface area contributed by atoms with E-state index in [0.717, 1.165) is 17.3 Å². The third-order valence-corrected chi connectivity index (χ3v) is 4.80. The minimum Gasteiger partial charge on any atom is -0.0654 e. The van der Waals surface area contributed by atoms with Gasteiger partial charge in [-0.15, -0.1) is 0 Å². The minimum atomic E-state index is 0.542. The van der Waals surface area contributed by atoms with Crippen molar-refractivity contribution < 1.29 is 0 Å². The van der Waals surface area contributed by atoms with Crippen molar-refractivity contribution in [2.45, 2.75) is 128 Å². The molecule has 0 aromatic rings. The first-order chi connectivity index (χ1) is 10.4. The SMILES string of the molecule is CC1(C)CC1.CCC(C)(C)C.CCC(C)C(C)C.CCCCC. The molecule has 0 heteroatoms. The molecule has 0 aromatic carbocycles. The average molecular weight is 329 g/mol. The molecule has 144 valence electrons. The van der Waals surface area contributed by atoms with Gasteiger partial charge in [0.25, 0.3) is 0 Å². The van der Waals surface area contributed by atoms with E-state index in [-0.39, 0.29) is 0 Å². The topological polar surface area (TPSA) is 0 Å². The van der Waals surface area contributed by atoms with Crippen molar-refractivity contribution in [3.05, 3.63) is 0 Å². The molecule has 0 N–H and O–H groups in total. The summed E-state index contributed by atoms with van der Waals surface area (Å²) >= 11 is 0. The van der Waals surface area contributed by atoms with Crippen LogP contribution in [0.25, 0.3) is 0 Å². The molecule has 0 nitrogen and oxygen atoms in total. The van der Waals surface area contributed by atoms with Crippen LogP contribution in [0, 0.1) is 22.7 Å². The maximum Gasteiger partial charge on any atom is -0.0354 e. The van der Waals surface area contributed by atoms with E-state index in [0.29, 0.717) is 5.41 Å². The van der Waals surface area contributed by atoms with Crippen LogP contribution in [0.2, 0.25) is 0 Å². The van der Waals surface area contributed by atoms with Crippen molar-refractivity contribution in [1.29, 1.82) is 0 Å². The van der Waals surface area contributed by atoms with Crippen molar-refractivity contribution in [1.82, 2.24) is 0 Å². The third kappa shape index (κ3) is 34.4. The van der Waals surface area contributed by atoms with E-state index in [1.165, 1.54) is 44.9 Å². The van der Waals surface area contributed by atoms with Gasteiger partial charge in [0.1, 0.15) is 0 Å². The van der Waals surface area contributed by atoms with Crippen LogP contribution < -0.4 is 0 Å². The summed E-state index contributed by atoms with van der Waals surface area (Å²) in [6.07, 6.45) is 9.57. The highest BCUT2D eigenvalue weighted by atomic mass is 14.4. The molecule has 0 spiro atoms. The van der Waals surface area contributed by atoms with Gasteiger partial charge in [0.2, 0.25) is 0 Å². The second kappa shape index (κ2) is 15.5. The zero-order valence-corrected chi connectivity index (χ0v) is 19.1. The lowest BCUT2D eigenvalue weighted by molar-refractivity contribution is 0.398. The summed E-state index contributed by atoms with van der Waals surface area (Å²) in [5, 5.41) is 0. The monoisotopic (exact) mass is 328 g/mol. The van der Waals surface area contributed by atoms with E-state index in [1.54, 1.807) is 0 Å². The van der Waals surface area contributed by atoms with Crippen LogP contribution in [0.1, 0.15) is 128 Å². The van der Waals surface area contributed by atoms with Crippen LogP contribution in [-0.2, 0) is 0 Å². The van der Waals surface area contributed by atoms with Crippen molar-refractivity contribution in [2.24, 2.45) is 22.7 Å². The van der Waals surface area contributed by atoms with Crippen LogP contribution in [0.3, 0.4) is 0 Å². The van der Waals surface area contributed by atoms with Gasteiger partial charge < -0.3 is 0 Å². The molecule has 0 aliphatic heterocycles. The fourth-order valence-electron chi connectivity index (χ4n) is 1.07. The fraction of sp³-hybridized carbons (Fsp3) is 1.00. The van der Waals surface area contributed by atoms with E-state index in [2.05, 4.69) is 83.1 Å². The molecule has 1 rings (SSSR count). The largest absolute Gasteiger partial charge is 0.0654 e. The van der Waals surface area contributed by atoms with Gasteiger partial charge in [-0.25, -0.2) is 0 Å². The molecule has 0 saturated heterocycles. The van der Waals surface area contributed by atoms with E-state index >= 15 is 0 Å². The Hall–Kier alpha value is 0. The summed E-state index contributed by atoms with van der Waals surface area (Å²) in [7, 11) is 0. The Bertz CT molecular complexity index is 209. The lowest BCUT2D eigenvalue weighted by Gasteiger charge is -2.12. The lowest BCUT2D eigenvalue weighted by Crippen LogP contribution is -2.00. The molecule has 1 aliphatic carbocycles. The molecular weight excluding hydrogens is 276 g/mol. The molecule has 0 heterocycles. The molecule has 1 aliphatic rings. The summed E-state index contributed by atoms with van der Waals surface area (Å²) in [6.45, 7) is 27.0.